The Labute approximate surface area is 154 Å². The lowest BCUT2D eigenvalue weighted by molar-refractivity contribution is -0.192. The Morgan fingerprint density at radius 3 is 2.33 bits per heavy atom. The quantitative estimate of drug-likeness (QED) is 0.787. The summed E-state index contributed by atoms with van der Waals surface area (Å²) in [5.41, 5.74) is 0.663. The molecule has 2 aliphatic heterocycles. The molecule has 0 radical (unpaired) electrons. The monoisotopic (exact) mass is 389 g/mol. The minimum absolute atomic E-state index is 0.0415. The highest BCUT2D eigenvalue weighted by Crippen LogP contribution is 2.30. The fraction of sp³-hybridized carbons (Fsp3) is 0.588. The molecule has 27 heavy (non-hydrogen) atoms. The number of likely N-dealkylation sites (N-methyl/N-ethyl adjacent to an activating group) is 1. The van der Waals surface area contributed by atoms with Crippen LogP contribution in [0.1, 0.15) is 23.3 Å². The van der Waals surface area contributed by atoms with E-state index in [0.717, 1.165) is 45.7 Å². The molecular formula is C17H22F3N3O4. The van der Waals surface area contributed by atoms with Gasteiger partial charge in [-0.2, -0.15) is 13.2 Å². The van der Waals surface area contributed by atoms with E-state index in [2.05, 4.69) is 16.9 Å². The van der Waals surface area contributed by atoms with Crippen LogP contribution in [0.3, 0.4) is 0 Å². The fourth-order valence-electron chi connectivity index (χ4n) is 3.11. The number of aromatic nitrogens is 1. The predicted molar refractivity (Wildman–Crippen MR) is 89.2 cm³/mol. The molecule has 1 spiro atoms. The molecular weight excluding hydrogens is 367 g/mol. The number of piperidine rings is 1. The Balaban J connectivity index is 0.000000321. The normalized spacial score (nSPS) is 19.9. The average molecular weight is 389 g/mol. The van der Waals surface area contributed by atoms with E-state index in [4.69, 9.17) is 14.6 Å². The third-order valence-electron chi connectivity index (χ3n) is 4.86. The molecule has 2 aliphatic rings. The van der Waals surface area contributed by atoms with E-state index in [1.54, 1.807) is 12.3 Å². The summed E-state index contributed by atoms with van der Waals surface area (Å²) in [5, 5.41) is 7.12. The number of aliphatic carboxylic acids is 1. The van der Waals surface area contributed by atoms with Crippen molar-refractivity contribution in [2.75, 3.05) is 39.9 Å². The molecule has 0 atom stereocenters. The van der Waals surface area contributed by atoms with E-state index >= 15 is 0 Å². The largest absolute Gasteiger partial charge is 0.490 e. The molecule has 150 valence electrons. The van der Waals surface area contributed by atoms with Gasteiger partial charge in [0.25, 0.3) is 5.91 Å². The van der Waals surface area contributed by atoms with Crippen molar-refractivity contribution in [3.63, 3.8) is 0 Å². The molecule has 3 rings (SSSR count). The smallest absolute Gasteiger partial charge is 0.475 e. The maximum absolute atomic E-state index is 12.4. The SMILES string of the molecule is CN1CCOCC12CCN(C(=O)c1ccccn1)CC2.O=C(O)C(F)(F)F. The number of pyridine rings is 1. The second kappa shape index (κ2) is 8.66. The number of alkyl halides is 3. The lowest BCUT2D eigenvalue weighted by atomic mass is 9.85. The summed E-state index contributed by atoms with van der Waals surface area (Å²) in [7, 11) is 2.17. The van der Waals surface area contributed by atoms with Gasteiger partial charge in [0.15, 0.2) is 0 Å². The van der Waals surface area contributed by atoms with Gasteiger partial charge in [-0.1, -0.05) is 6.07 Å². The van der Waals surface area contributed by atoms with Crippen LogP contribution in [0, 0.1) is 0 Å². The predicted octanol–water partition coefficient (Wildman–Crippen LogP) is 1.65. The molecule has 1 amide bonds. The summed E-state index contributed by atoms with van der Waals surface area (Å²) in [4.78, 5) is 29.7. The zero-order valence-electron chi connectivity index (χ0n) is 14.9. The van der Waals surface area contributed by atoms with Crippen LogP contribution in [0.25, 0.3) is 0 Å². The number of rotatable bonds is 1. The van der Waals surface area contributed by atoms with Gasteiger partial charge in [0, 0.05) is 31.4 Å². The Hall–Kier alpha value is -2.20. The van der Waals surface area contributed by atoms with Gasteiger partial charge >= 0.3 is 12.1 Å². The molecule has 0 unspecified atom stereocenters. The molecule has 0 bridgehead atoms. The van der Waals surface area contributed by atoms with Crippen LogP contribution < -0.4 is 0 Å². The van der Waals surface area contributed by atoms with E-state index < -0.39 is 12.1 Å². The van der Waals surface area contributed by atoms with Crippen molar-refractivity contribution in [2.24, 2.45) is 0 Å². The Morgan fingerprint density at radius 1 is 1.22 bits per heavy atom. The number of carboxylic acids is 1. The highest BCUT2D eigenvalue weighted by atomic mass is 19.4. The first-order valence-electron chi connectivity index (χ1n) is 8.45. The standard InChI is InChI=1S/C15H21N3O2.C2HF3O2/c1-17-10-11-20-12-15(17)5-8-18(9-6-15)14(19)13-4-2-3-7-16-13;3-2(4,5)1(6)7/h2-4,7H,5-6,8-12H2,1H3;(H,6,7). The number of ether oxygens (including phenoxy) is 1. The van der Waals surface area contributed by atoms with Crippen molar-refractivity contribution in [2.45, 2.75) is 24.6 Å². The van der Waals surface area contributed by atoms with Crippen molar-refractivity contribution in [1.29, 1.82) is 0 Å². The number of amides is 1. The number of carboxylic acid groups (broad SMARTS) is 1. The van der Waals surface area contributed by atoms with Gasteiger partial charge in [0.05, 0.1) is 13.2 Å². The van der Waals surface area contributed by atoms with Gasteiger partial charge in [-0.05, 0) is 32.0 Å². The van der Waals surface area contributed by atoms with Gasteiger partial charge in [0.2, 0.25) is 0 Å². The summed E-state index contributed by atoms with van der Waals surface area (Å²) in [6.07, 6.45) is -1.47. The van der Waals surface area contributed by atoms with Gasteiger partial charge in [0.1, 0.15) is 5.69 Å². The molecule has 1 N–H and O–H groups in total. The molecule has 0 saturated carbocycles. The molecule has 1 aromatic heterocycles. The van der Waals surface area contributed by atoms with Crippen LogP contribution in [0.15, 0.2) is 24.4 Å². The van der Waals surface area contributed by atoms with Crippen LogP contribution in [0.2, 0.25) is 0 Å². The van der Waals surface area contributed by atoms with Crippen molar-refractivity contribution < 1.29 is 32.6 Å². The molecule has 0 aliphatic carbocycles. The first-order valence-corrected chi connectivity index (χ1v) is 8.45. The van der Waals surface area contributed by atoms with E-state index in [0.29, 0.717) is 5.69 Å². The molecule has 1 aromatic rings. The number of hydrogen-bond acceptors (Lipinski definition) is 5. The maximum Gasteiger partial charge on any atom is 0.490 e. The minimum Gasteiger partial charge on any atom is -0.475 e. The lowest BCUT2D eigenvalue weighted by Gasteiger charge is -2.49. The topological polar surface area (TPSA) is 83.0 Å². The second-order valence-corrected chi connectivity index (χ2v) is 6.51. The number of hydrogen-bond donors (Lipinski definition) is 1. The van der Waals surface area contributed by atoms with Crippen molar-refractivity contribution >= 4 is 11.9 Å². The highest BCUT2D eigenvalue weighted by molar-refractivity contribution is 5.92. The number of likely N-dealkylation sites (tertiary alicyclic amines) is 1. The molecule has 3 heterocycles. The van der Waals surface area contributed by atoms with Crippen molar-refractivity contribution in [1.82, 2.24) is 14.8 Å². The first-order chi connectivity index (χ1) is 12.7. The zero-order valence-corrected chi connectivity index (χ0v) is 14.9. The van der Waals surface area contributed by atoms with Gasteiger partial charge in [-0.15, -0.1) is 0 Å². The Bertz CT molecular complexity index is 647. The van der Waals surface area contributed by atoms with Crippen molar-refractivity contribution in [3.8, 4) is 0 Å². The summed E-state index contributed by atoms with van der Waals surface area (Å²) in [6, 6.07) is 5.47. The highest BCUT2D eigenvalue weighted by Gasteiger charge is 2.41. The number of nitrogens with zero attached hydrogens (tertiary/aromatic N) is 3. The van der Waals surface area contributed by atoms with E-state index in [1.165, 1.54) is 0 Å². The number of carbonyl (C=O) groups excluding carboxylic acids is 1. The molecule has 2 saturated heterocycles. The zero-order chi connectivity index (χ0) is 20.1. The van der Waals surface area contributed by atoms with Gasteiger partial charge < -0.3 is 14.7 Å². The average Bonchev–Trinajstić information content (AvgIpc) is 2.65. The molecule has 7 nitrogen and oxygen atoms in total. The lowest BCUT2D eigenvalue weighted by Crippen LogP contribution is -2.60. The third-order valence-corrected chi connectivity index (χ3v) is 4.86. The second-order valence-electron chi connectivity index (χ2n) is 6.51. The van der Waals surface area contributed by atoms with Crippen LogP contribution >= 0.6 is 0 Å². The summed E-state index contributed by atoms with van der Waals surface area (Å²) in [5.74, 6) is -2.72. The fourth-order valence-corrected chi connectivity index (χ4v) is 3.11. The Kier molecular flexibility index (Phi) is 6.77. The Morgan fingerprint density at radius 2 is 1.85 bits per heavy atom. The van der Waals surface area contributed by atoms with Crippen LogP contribution in [0.4, 0.5) is 13.2 Å². The number of morpholine rings is 1. The number of halogens is 3. The molecule has 0 aromatic carbocycles. The summed E-state index contributed by atoms with van der Waals surface area (Å²) >= 11 is 0. The van der Waals surface area contributed by atoms with Crippen LogP contribution in [-0.4, -0.2) is 83.4 Å². The van der Waals surface area contributed by atoms with Crippen LogP contribution in [-0.2, 0) is 9.53 Å². The molecule has 2 fully saturated rings. The molecule has 10 heteroatoms. The van der Waals surface area contributed by atoms with Gasteiger partial charge in [-0.3, -0.25) is 14.7 Å². The van der Waals surface area contributed by atoms with Crippen LogP contribution in [0.5, 0.6) is 0 Å². The van der Waals surface area contributed by atoms with E-state index in [-0.39, 0.29) is 11.4 Å². The first kappa shape index (κ1) is 21.1. The summed E-state index contributed by atoms with van der Waals surface area (Å²) in [6.45, 7) is 4.14. The summed E-state index contributed by atoms with van der Waals surface area (Å²) < 4.78 is 37.4. The van der Waals surface area contributed by atoms with Crippen molar-refractivity contribution in [3.05, 3.63) is 30.1 Å². The third kappa shape index (κ3) is 5.39. The van der Waals surface area contributed by atoms with E-state index in [1.807, 2.05) is 17.0 Å². The van der Waals surface area contributed by atoms with E-state index in [9.17, 15) is 18.0 Å². The number of carbonyl (C=O) groups is 2. The maximum atomic E-state index is 12.4. The van der Waals surface area contributed by atoms with Gasteiger partial charge in [-0.25, -0.2) is 4.79 Å². The minimum atomic E-state index is -5.08.